The third-order valence-electron chi connectivity index (χ3n) is 1.21. The minimum Gasteiger partial charge on any atom is -0.261 e. The zero-order valence-electron chi connectivity index (χ0n) is 5.89. The summed E-state index contributed by atoms with van der Waals surface area (Å²) in [6.45, 7) is 1.83. The maximum Gasteiger partial charge on any atom is 0.270 e. The molecule has 0 aliphatic carbocycles. The number of H-pyrrole nitrogens is 1. The minimum atomic E-state index is 0.514. The molecule has 0 aliphatic rings. The van der Waals surface area contributed by atoms with Gasteiger partial charge in [-0.05, 0) is 6.92 Å². The number of rotatable bonds is 1. The summed E-state index contributed by atoms with van der Waals surface area (Å²) < 4.78 is 1.49. The lowest BCUT2D eigenvalue weighted by atomic mass is 10.7. The number of nitrogens with one attached hydrogen (secondary N) is 1. The third kappa shape index (κ3) is 0.977. The quantitative estimate of drug-likeness (QED) is 0.605. The first-order valence-corrected chi connectivity index (χ1v) is 3.12. The topological polar surface area (TPSA) is 72.3 Å². The van der Waals surface area contributed by atoms with E-state index < -0.39 is 0 Å². The Morgan fingerprint density at radius 3 is 3.00 bits per heavy atom. The van der Waals surface area contributed by atoms with Gasteiger partial charge in [0.1, 0.15) is 5.82 Å². The van der Waals surface area contributed by atoms with Crippen LogP contribution in [0.5, 0.6) is 0 Å². The van der Waals surface area contributed by atoms with Crippen molar-refractivity contribution < 1.29 is 0 Å². The van der Waals surface area contributed by atoms with Crippen LogP contribution in [0.25, 0.3) is 5.95 Å². The van der Waals surface area contributed by atoms with E-state index in [4.69, 9.17) is 0 Å². The van der Waals surface area contributed by atoms with Crippen molar-refractivity contribution in [2.45, 2.75) is 6.92 Å². The summed E-state index contributed by atoms with van der Waals surface area (Å²) in [6.07, 6.45) is 3.26. The van der Waals surface area contributed by atoms with Gasteiger partial charge in [-0.25, -0.2) is 0 Å². The molecule has 6 nitrogen and oxygen atoms in total. The molecule has 56 valence electrons. The van der Waals surface area contributed by atoms with Gasteiger partial charge in [0.2, 0.25) is 0 Å². The Hall–Kier alpha value is -1.72. The van der Waals surface area contributed by atoms with E-state index in [0.29, 0.717) is 5.95 Å². The molecule has 0 atom stereocenters. The summed E-state index contributed by atoms with van der Waals surface area (Å²) in [5.41, 5.74) is 0. The molecule has 0 saturated heterocycles. The molecule has 0 amide bonds. The van der Waals surface area contributed by atoms with Gasteiger partial charge in [0, 0.05) is 0 Å². The van der Waals surface area contributed by atoms with E-state index >= 15 is 0 Å². The van der Waals surface area contributed by atoms with Crippen LogP contribution in [0.15, 0.2) is 12.4 Å². The van der Waals surface area contributed by atoms with Crippen LogP contribution in [0, 0.1) is 6.92 Å². The number of hydrogen-bond donors (Lipinski definition) is 1. The third-order valence-corrected chi connectivity index (χ3v) is 1.21. The highest BCUT2D eigenvalue weighted by molar-refractivity contribution is 5.05. The van der Waals surface area contributed by atoms with Gasteiger partial charge in [-0.15, -0.1) is 10.2 Å². The highest BCUT2D eigenvalue weighted by atomic mass is 15.5. The van der Waals surface area contributed by atoms with Gasteiger partial charge in [-0.1, -0.05) is 5.21 Å². The average Bonchev–Trinajstić information content (AvgIpc) is 2.55. The minimum absolute atomic E-state index is 0.514. The van der Waals surface area contributed by atoms with Crippen molar-refractivity contribution >= 4 is 0 Å². The molecular weight excluding hydrogens is 144 g/mol. The molecule has 0 aliphatic heterocycles. The second-order valence-corrected chi connectivity index (χ2v) is 2.07. The molecule has 11 heavy (non-hydrogen) atoms. The predicted octanol–water partition coefficient (Wildman–Crippen LogP) is -0.306. The Bertz CT molecular complexity index is 333. The second kappa shape index (κ2) is 2.15. The van der Waals surface area contributed by atoms with Gasteiger partial charge in [-0.2, -0.15) is 9.67 Å². The first-order valence-electron chi connectivity index (χ1n) is 3.12. The molecule has 0 unspecified atom stereocenters. The first-order chi connectivity index (χ1) is 5.36. The van der Waals surface area contributed by atoms with Gasteiger partial charge >= 0.3 is 0 Å². The van der Waals surface area contributed by atoms with Crippen LogP contribution in [0.2, 0.25) is 0 Å². The zero-order chi connectivity index (χ0) is 7.68. The van der Waals surface area contributed by atoms with Crippen molar-refractivity contribution in [1.82, 2.24) is 30.2 Å². The molecule has 1 N–H and O–H groups in total. The molecule has 0 radical (unpaired) electrons. The van der Waals surface area contributed by atoms with Crippen LogP contribution in [-0.2, 0) is 0 Å². The molecule has 0 bridgehead atoms. The van der Waals surface area contributed by atoms with Gasteiger partial charge in [0.15, 0.2) is 0 Å². The molecule has 0 aromatic carbocycles. The predicted molar refractivity (Wildman–Crippen MR) is 36.0 cm³/mol. The van der Waals surface area contributed by atoms with Gasteiger partial charge in [0.25, 0.3) is 5.95 Å². The lowest BCUT2D eigenvalue weighted by molar-refractivity contribution is 0.758. The van der Waals surface area contributed by atoms with E-state index in [0.717, 1.165) is 5.82 Å². The summed E-state index contributed by atoms with van der Waals surface area (Å²) in [6, 6.07) is 0. The van der Waals surface area contributed by atoms with Crippen LogP contribution in [0.1, 0.15) is 5.82 Å². The van der Waals surface area contributed by atoms with Gasteiger partial charge in [0.05, 0.1) is 12.4 Å². The second-order valence-electron chi connectivity index (χ2n) is 2.07. The molecule has 6 heteroatoms. The van der Waals surface area contributed by atoms with Crippen molar-refractivity contribution in [2.75, 3.05) is 0 Å². The number of aromatic amines is 1. The highest BCUT2D eigenvalue weighted by Crippen LogP contribution is 1.95. The molecule has 2 rings (SSSR count). The Kier molecular flexibility index (Phi) is 1.18. The number of hydrogen-bond acceptors (Lipinski definition) is 4. The van der Waals surface area contributed by atoms with Crippen LogP contribution < -0.4 is 0 Å². The maximum absolute atomic E-state index is 4.05. The monoisotopic (exact) mass is 150 g/mol. The highest BCUT2D eigenvalue weighted by Gasteiger charge is 2.00. The van der Waals surface area contributed by atoms with E-state index in [-0.39, 0.29) is 0 Å². The normalized spacial score (nSPS) is 10.3. The largest absolute Gasteiger partial charge is 0.270 e. The Balaban J connectivity index is 2.45. The molecule has 0 saturated carbocycles. The van der Waals surface area contributed by atoms with Crippen LogP contribution >= 0.6 is 0 Å². The van der Waals surface area contributed by atoms with E-state index in [1.54, 1.807) is 12.4 Å². The molecule has 2 aromatic rings. The lowest BCUT2D eigenvalue weighted by Gasteiger charge is -1.86. The first kappa shape index (κ1) is 6.02. The summed E-state index contributed by atoms with van der Waals surface area (Å²) in [5, 5.41) is 13.9. The fraction of sp³-hybridized carbons (Fsp3) is 0.200. The standard InChI is InChI=1S/C5H6N6/c1-4-7-5(9-8-4)11-3-2-6-10-11/h2-3H,1H3,(H,7,8,9). The maximum atomic E-state index is 4.05. The molecule has 2 aromatic heterocycles. The fourth-order valence-electron chi connectivity index (χ4n) is 0.748. The van der Waals surface area contributed by atoms with E-state index in [1.165, 1.54) is 4.68 Å². The zero-order valence-corrected chi connectivity index (χ0v) is 5.89. The smallest absolute Gasteiger partial charge is 0.261 e. The van der Waals surface area contributed by atoms with Crippen molar-refractivity contribution in [1.29, 1.82) is 0 Å². The Morgan fingerprint density at radius 2 is 2.45 bits per heavy atom. The van der Waals surface area contributed by atoms with Crippen molar-refractivity contribution in [3.63, 3.8) is 0 Å². The van der Waals surface area contributed by atoms with E-state index in [1.807, 2.05) is 6.92 Å². The number of aryl methyl sites for hydroxylation is 1. The molecule has 0 fully saturated rings. The molecular formula is C5H6N6. The summed E-state index contributed by atoms with van der Waals surface area (Å²) in [4.78, 5) is 4.05. The van der Waals surface area contributed by atoms with Gasteiger partial charge < -0.3 is 0 Å². The van der Waals surface area contributed by atoms with Crippen LogP contribution in [0.3, 0.4) is 0 Å². The summed E-state index contributed by atoms with van der Waals surface area (Å²) in [7, 11) is 0. The van der Waals surface area contributed by atoms with Crippen LogP contribution in [-0.4, -0.2) is 30.2 Å². The van der Waals surface area contributed by atoms with E-state index in [9.17, 15) is 0 Å². The number of nitrogens with zero attached hydrogens (tertiary/aromatic N) is 5. The SMILES string of the molecule is Cc1nc(-n2ccnn2)n[nH]1. The van der Waals surface area contributed by atoms with Crippen molar-refractivity contribution in [2.24, 2.45) is 0 Å². The Labute approximate surface area is 62.3 Å². The lowest BCUT2D eigenvalue weighted by Crippen LogP contribution is -1.97. The fourth-order valence-corrected chi connectivity index (χ4v) is 0.748. The summed E-state index contributed by atoms with van der Waals surface area (Å²) >= 11 is 0. The molecule has 0 spiro atoms. The summed E-state index contributed by atoms with van der Waals surface area (Å²) in [5.74, 6) is 1.27. The van der Waals surface area contributed by atoms with Crippen molar-refractivity contribution in [3.8, 4) is 5.95 Å². The Morgan fingerprint density at radius 1 is 1.55 bits per heavy atom. The number of aromatic nitrogens is 6. The van der Waals surface area contributed by atoms with Gasteiger partial charge in [-0.3, -0.25) is 5.10 Å². The average molecular weight is 150 g/mol. The van der Waals surface area contributed by atoms with Crippen LogP contribution in [0.4, 0.5) is 0 Å². The van der Waals surface area contributed by atoms with E-state index in [2.05, 4.69) is 25.5 Å². The molecule has 2 heterocycles. The van der Waals surface area contributed by atoms with Crippen molar-refractivity contribution in [3.05, 3.63) is 18.2 Å².